The Kier molecular flexibility index (Phi) is 7.58. The van der Waals surface area contributed by atoms with E-state index < -0.39 is 104 Å². The number of carbonyl (C=O) groups excluding carboxylic acids is 4. The molecule has 3 aromatic carbocycles. The van der Waals surface area contributed by atoms with E-state index in [0.717, 1.165) is 4.90 Å². The SMILES string of the molecule is COc1cccc(C2C3=CCC4C(=O)N(c5ccc(Cl)cc5)C(=O)C4C3CC3(Cl)C(=O)N(c4c(F)c(F)c(F)c(F)c4F)C(=O)C23Cl)c1O. The molecule has 3 aromatic rings. The largest absolute Gasteiger partial charge is 0.504 e. The molecule has 0 spiro atoms. The van der Waals surface area contributed by atoms with Crippen molar-refractivity contribution in [2.45, 2.75) is 28.5 Å². The van der Waals surface area contributed by atoms with E-state index in [-0.39, 0.29) is 33.9 Å². The maximum absolute atomic E-state index is 15.2. The number of fused-ring (bicyclic) bond motifs is 4. The van der Waals surface area contributed by atoms with Crippen molar-refractivity contribution < 1.29 is 51.0 Å². The summed E-state index contributed by atoms with van der Waals surface area (Å²) in [5.74, 6) is -22.7. The standard InChI is InChI=1S/C33H20Cl3F5N2O6/c1-49-18-4-2-3-16(27(18)44)20-14-9-10-15-19(29(46)42(28(15)45)13-7-5-12(34)6-8-13)17(14)11-32(35)30(47)43(31(48)33(20,32)36)26-24(40)22(38)21(37)23(39)25(26)41/h2-9,15,17,19-20,44H,10-11H2,1H3. The van der Waals surface area contributed by atoms with Gasteiger partial charge in [-0.2, -0.15) is 0 Å². The third-order valence-electron chi connectivity index (χ3n) is 9.87. The van der Waals surface area contributed by atoms with Crippen molar-refractivity contribution in [3.05, 3.63) is 93.8 Å². The number of alkyl halides is 2. The minimum absolute atomic E-state index is 0.0713. The number of aromatic hydroxyl groups is 1. The molecule has 6 unspecified atom stereocenters. The fourth-order valence-electron chi connectivity index (χ4n) is 7.69. The van der Waals surface area contributed by atoms with Gasteiger partial charge in [0.05, 0.1) is 24.6 Å². The molecule has 1 N–H and O–H groups in total. The van der Waals surface area contributed by atoms with E-state index in [2.05, 4.69) is 0 Å². The van der Waals surface area contributed by atoms with Crippen LogP contribution in [0.4, 0.5) is 33.3 Å². The fraction of sp³-hybridized carbons (Fsp3) is 0.273. The van der Waals surface area contributed by atoms with Gasteiger partial charge in [-0.25, -0.2) is 26.9 Å². The van der Waals surface area contributed by atoms with Crippen molar-refractivity contribution in [3.8, 4) is 11.5 Å². The number of phenolic OH excluding ortho intramolecular Hbond substituents is 1. The molecule has 0 bridgehead atoms. The summed E-state index contributed by atoms with van der Waals surface area (Å²) in [5, 5.41) is 11.6. The Balaban J connectivity index is 1.45. The molecule has 2 heterocycles. The van der Waals surface area contributed by atoms with Gasteiger partial charge in [-0.05, 0) is 49.1 Å². The number of imide groups is 2. The molecule has 1 saturated carbocycles. The number of phenols is 1. The van der Waals surface area contributed by atoms with Gasteiger partial charge >= 0.3 is 0 Å². The summed E-state index contributed by atoms with van der Waals surface area (Å²) in [6.45, 7) is 0. The Morgan fingerprint density at radius 3 is 2.04 bits per heavy atom. The van der Waals surface area contributed by atoms with E-state index in [1.807, 2.05) is 0 Å². The summed E-state index contributed by atoms with van der Waals surface area (Å²) in [7, 11) is 1.22. The van der Waals surface area contributed by atoms with E-state index in [9.17, 15) is 37.5 Å². The summed E-state index contributed by atoms with van der Waals surface area (Å²) in [6.07, 6.45) is 0.764. The first-order valence-electron chi connectivity index (χ1n) is 14.6. The number of hydrogen-bond donors (Lipinski definition) is 1. The molecule has 6 atom stereocenters. The third-order valence-corrected chi connectivity index (χ3v) is 11.5. The van der Waals surface area contributed by atoms with Crippen LogP contribution >= 0.6 is 34.8 Å². The van der Waals surface area contributed by atoms with E-state index in [1.54, 1.807) is 0 Å². The predicted molar refractivity (Wildman–Crippen MR) is 165 cm³/mol. The summed E-state index contributed by atoms with van der Waals surface area (Å²) in [4.78, 5) is 51.6. The van der Waals surface area contributed by atoms with Crippen LogP contribution in [0.5, 0.6) is 11.5 Å². The molecule has 3 fully saturated rings. The van der Waals surface area contributed by atoms with Crippen LogP contribution in [-0.2, 0) is 19.2 Å². The Morgan fingerprint density at radius 1 is 0.816 bits per heavy atom. The number of allylic oxidation sites excluding steroid dienone is 2. The molecule has 2 aliphatic heterocycles. The normalized spacial score (nSPS) is 29.2. The van der Waals surface area contributed by atoms with Crippen LogP contribution < -0.4 is 14.5 Å². The van der Waals surface area contributed by atoms with Crippen LogP contribution in [0.15, 0.2) is 54.1 Å². The monoisotopic (exact) mass is 740 g/mol. The van der Waals surface area contributed by atoms with Crippen LogP contribution in [0, 0.1) is 46.8 Å². The highest BCUT2D eigenvalue weighted by molar-refractivity contribution is 6.58. The highest BCUT2D eigenvalue weighted by Gasteiger charge is 2.77. The van der Waals surface area contributed by atoms with Gasteiger partial charge in [-0.15, -0.1) is 23.2 Å². The van der Waals surface area contributed by atoms with Crippen molar-refractivity contribution in [2.75, 3.05) is 16.9 Å². The second-order valence-electron chi connectivity index (χ2n) is 12.1. The first kappa shape index (κ1) is 33.3. The van der Waals surface area contributed by atoms with Gasteiger partial charge in [0, 0.05) is 16.5 Å². The lowest BCUT2D eigenvalue weighted by atomic mass is 9.56. The van der Waals surface area contributed by atoms with E-state index >= 15 is 8.78 Å². The number of benzene rings is 3. The number of carbonyl (C=O) groups is 4. The first-order valence-corrected chi connectivity index (χ1v) is 15.7. The van der Waals surface area contributed by atoms with Crippen molar-refractivity contribution in [2.24, 2.45) is 17.8 Å². The zero-order chi connectivity index (χ0) is 35.5. The van der Waals surface area contributed by atoms with Crippen LogP contribution in [0.25, 0.3) is 0 Å². The lowest BCUT2D eigenvalue weighted by Crippen LogP contribution is -2.60. The Bertz CT molecular complexity index is 2040. The zero-order valence-corrected chi connectivity index (χ0v) is 27.0. The number of hydrogen-bond acceptors (Lipinski definition) is 6. The number of rotatable bonds is 4. The fourth-order valence-corrected chi connectivity index (χ4v) is 8.75. The number of halogens is 8. The smallest absolute Gasteiger partial charge is 0.258 e. The molecular weight excluding hydrogens is 722 g/mol. The molecule has 7 rings (SSSR count). The molecule has 2 aliphatic carbocycles. The molecule has 4 amide bonds. The average molecular weight is 742 g/mol. The number of methoxy groups -OCH3 is 1. The van der Waals surface area contributed by atoms with Crippen LogP contribution in [0.3, 0.4) is 0 Å². The van der Waals surface area contributed by atoms with Gasteiger partial charge in [0.1, 0.15) is 5.69 Å². The van der Waals surface area contributed by atoms with Crippen LogP contribution in [0.2, 0.25) is 5.02 Å². The molecule has 8 nitrogen and oxygen atoms in total. The molecule has 4 aliphatic rings. The van der Waals surface area contributed by atoms with E-state index in [1.165, 1.54) is 55.7 Å². The summed E-state index contributed by atoms with van der Waals surface area (Å²) < 4.78 is 78.4. The summed E-state index contributed by atoms with van der Waals surface area (Å²) >= 11 is 20.2. The zero-order valence-electron chi connectivity index (χ0n) is 24.7. The molecule has 49 heavy (non-hydrogen) atoms. The molecule has 16 heteroatoms. The maximum Gasteiger partial charge on any atom is 0.258 e. The average Bonchev–Trinajstić information content (AvgIpc) is 3.42. The number of anilines is 2. The van der Waals surface area contributed by atoms with Crippen LogP contribution in [0.1, 0.15) is 24.3 Å². The van der Waals surface area contributed by atoms with Gasteiger partial charge in [0.2, 0.25) is 17.6 Å². The number of ether oxygens (including phenoxy) is 1. The Morgan fingerprint density at radius 2 is 1.43 bits per heavy atom. The highest BCUT2D eigenvalue weighted by Crippen LogP contribution is 2.67. The van der Waals surface area contributed by atoms with E-state index in [4.69, 9.17) is 39.5 Å². The first-order chi connectivity index (χ1) is 23.1. The number of nitrogens with zero attached hydrogens (tertiary/aromatic N) is 2. The number of amides is 4. The van der Waals surface area contributed by atoms with Gasteiger partial charge in [-0.3, -0.25) is 24.1 Å². The van der Waals surface area contributed by atoms with Crippen molar-refractivity contribution in [3.63, 3.8) is 0 Å². The minimum Gasteiger partial charge on any atom is -0.504 e. The number of para-hydroxylation sites is 1. The van der Waals surface area contributed by atoms with Gasteiger partial charge in [0.15, 0.2) is 44.5 Å². The predicted octanol–water partition coefficient (Wildman–Crippen LogP) is 6.52. The molecular formula is C33H20Cl3F5N2O6. The van der Waals surface area contributed by atoms with Crippen LogP contribution in [-0.4, -0.2) is 45.6 Å². The Labute approximate surface area is 288 Å². The lowest BCUT2D eigenvalue weighted by molar-refractivity contribution is -0.125. The molecule has 0 aromatic heterocycles. The van der Waals surface area contributed by atoms with Gasteiger partial charge < -0.3 is 9.84 Å². The second kappa shape index (κ2) is 11.2. The van der Waals surface area contributed by atoms with Crippen molar-refractivity contribution >= 4 is 69.8 Å². The Hall–Kier alpha value is -4.20. The molecule has 0 radical (unpaired) electrons. The maximum atomic E-state index is 15.2. The third kappa shape index (κ3) is 4.21. The second-order valence-corrected chi connectivity index (χ2v) is 13.8. The van der Waals surface area contributed by atoms with Crippen molar-refractivity contribution in [1.82, 2.24) is 0 Å². The van der Waals surface area contributed by atoms with Crippen molar-refractivity contribution in [1.29, 1.82) is 0 Å². The summed E-state index contributed by atoms with van der Waals surface area (Å²) in [6, 6.07) is 9.90. The van der Waals surface area contributed by atoms with E-state index in [0.29, 0.717) is 5.02 Å². The quantitative estimate of drug-likeness (QED) is 0.0817. The highest BCUT2D eigenvalue weighted by atomic mass is 35.5. The topological polar surface area (TPSA) is 104 Å². The van der Waals surface area contributed by atoms with Gasteiger partial charge in [0.25, 0.3) is 11.8 Å². The lowest BCUT2D eigenvalue weighted by Gasteiger charge is -2.50. The van der Waals surface area contributed by atoms with Gasteiger partial charge in [-0.1, -0.05) is 35.4 Å². The molecule has 2 saturated heterocycles. The summed E-state index contributed by atoms with van der Waals surface area (Å²) in [5.41, 5.74) is -1.69. The molecule has 254 valence electrons. The minimum atomic E-state index is -2.79.